The number of benzene rings is 1. The zero-order valence-corrected chi connectivity index (χ0v) is 11.8. The van der Waals surface area contributed by atoms with E-state index < -0.39 is 0 Å². The lowest BCUT2D eigenvalue weighted by molar-refractivity contribution is -0.0694. The first-order valence-electron chi connectivity index (χ1n) is 6.81. The first-order valence-corrected chi connectivity index (χ1v) is 6.81. The molecule has 0 aliphatic heterocycles. The first kappa shape index (κ1) is 14.2. The maximum absolute atomic E-state index is 5.65. The normalized spacial score (nSPS) is 16.7. The lowest BCUT2D eigenvalue weighted by atomic mass is 9.80. The Morgan fingerprint density at radius 3 is 2.32 bits per heavy atom. The Labute approximate surface area is 115 Å². The molecule has 0 radical (unpaired) electrons. The number of nitrogens with one attached hydrogen (secondary N) is 1. The van der Waals surface area contributed by atoms with E-state index in [1.54, 1.807) is 14.2 Å². The van der Waals surface area contributed by atoms with Crippen molar-refractivity contribution in [1.29, 1.82) is 0 Å². The fourth-order valence-corrected chi connectivity index (χ4v) is 2.25. The largest absolute Gasteiger partial charge is 0.497 e. The topological polar surface area (TPSA) is 39.7 Å². The zero-order chi connectivity index (χ0) is 13.6. The second-order valence-electron chi connectivity index (χ2n) is 4.94. The van der Waals surface area contributed by atoms with Crippen LogP contribution in [0.1, 0.15) is 19.3 Å². The lowest BCUT2D eigenvalue weighted by Crippen LogP contribution is -2.48. The van der Waals surface area contributed by atoms with E-state index in [2.05, 4.69) is 5.32 Å². The summed E-state index contributed by atoms with van der Waals surface area (Å²) in [6.07, 6.45) is 3.60. The van der Waals surface area contributed by atoms with Crippen LogP contribution in [0.15, 0.2) is 24.3 Å². The molecule has 1 aliphatic carbocycles. The SMILES string of the molecule is COc1ccc(OCCNCC2(OC)CCC2)cc1. The van der Waals surface area contributed by atoms with Gasteiger partial charge in [-0.15, -0.1) is 0 Å². The Balaban J connectivity index is 1.61. The van der Waals surface area contributed by atoms with Crippen LogP contribution < -0.4 is 14.8 Å². The Morgan fingerprint density at radius 2 is 1.79 bits per heavy atom. The van der Waals surface area contributed by atoms with Gasteiger partial charge in [0.15, 0.2) is 0 Å². The van der Waals surface area contributed by atoms with Gasteiger partial charge in [-0.25, -0.2) is 0 Å². The van der Waals surface area contributed by atoms with Crippen molar-refractivity contribution >= 4 is 0 Å². The summed E-state index contributed by atoms with van der Waals surface area (Å²) in [5, 5.41) is 3.40. The van der Waals surface area contributed by atoms with E-state index in [0.29, 0.717) is 6.61 Å². The summed E-state index contributed by atoms with van der Waals surface area (Å²) < 4.78 is 16.3. The van der Waals surface area contributed by atoms with E-state index >= 15 is 0 Å². The molecule has 4 heteroatoms. The highest BCUT2D eigenvalue weighted by Gasteiger charge is 2.36. The third kappa shape index (κ3) is 3.85. The van der Waals surface area contributed by atoms with Crippen LogP contribution in [0, 0.1) is 0 Å². The molecule has 0 aromatic heterocycles. The molecule has 0 atom stereocenters. The zero-order valence-electron chi connectivity index (χ0n) is 11.8. The molecule has 1 N–H and O–H groups in total. The van der Waals surface area contributed by atoms with Crippen LogP contribution >= 0.6 is 0 Å². The van der Waals surface area contributed by atoms with E-state index in [9.17, 15) is 0 Å². The monoisotopic (exact) mass is 265 g/mol. The molecule has 0 unspecified atom stereocenters. The van der Waals surface area contributed by atoms with Crippen molar-refractivity contribution in [2.75, 3.05) is 33.9 Å². The highest BCUT2D eigenvalue weighted by atomic mass is 16.5. The van der Waals surface area contributed by atoms with E-state index in [1.165, 1.54) is 6.42 Å². The van der Waals surface area contributed by atoms with Gasteiger partial charge in [-0.3, -0.25) is 0 Å². The molecule has 0 amide bonds. The average molecular weight is 265 g/mol. The molecule has 0 saturated heterocycles. The van der Waals surface area contributed by atoms with Crippen molar-refractivity contribution in [2.24, 2.45) is 0 Å². The van der Waals surface area contributed by atoms with Crippen molar-refractivity contribution < 1.29 is 14.2 Å². The standard InChI is InChI=1S/C15H23NO3/c1-17-13-4-6-14(7-5-13)19-11-10-16-12-15(18-2)8-3-9-15/h4-7,16H,3,8-12H2,1-2H3. The van der Waals surface area contributed by atoms with E-state index in [1.807, 2.05) is 24.3 Å². The summed E-state index contributed by atoms with van der Waals surface area (Å²) in [4.78, 5) is 0. The van der Waals surface area contributed by atoms with Crippen molar-refractivity contribution in [3.05, 3.63) is 24.3 Å². The van der Waals surface area contributed by atoms with Crippen LogP contribution in [0.5, 0.6) is 11.5 Å². The van der Waals surface area contributed by atoms with E-state index in [0.717, 1.165) is 37.4 Å². The summed E-state index contributed by atoms with van der Waals surface area (Å²) in [5.74, 6) is 1.71. The van der Waals surface area contributed by atoms with Crippen molar-refractivity contribution in [3.8, 4) is 11.5 Å². The molecule has 106 valence electrons. The van der Waals surface area contributed by atoms with Crippen molar-refractivity contribution in [3.63, 3.8) is 0 Å². The number of ether oxygens (including phenoxy) is 3. The van der Waals surface area contributed by atoms with Gasteiger partial charge in [-0.2, -0.15) is 0 Å². The molecule has 0 bridgehead atoms. The van der Waals surface area contributed by atoms with Crippen LogP contribution in [0.25, 0.3) is 0 Å². The van der Waals surface area contributed by atoms with Crippen molar-refractivity contribution in [2.45, 2.75) is 24.9 Å². The Hall–Kier alpha value is -1.26. The van der Waals surface area contributed by atoms with Gasteiger partial charge in [0.25, 0.3) is 0 Å². The van der Waals surface area contributed by atoms with Crippen LogP contribution in [-0.2, 0) is 4.74 Å². The summed E-state index contributed by atoms with van der Waals surface area (Å²) in [6.45, 7) is 2.40. The van der Waals surface area contributed by atoms with Gasteiger partial charge in [0.2, 0.25) is 0 Å². The minimum atomic E-state index is 0.0834. The Bertz CT molecular complexity index is 368. The fraction of sp³-hybridized carbons (Fsp3) is 0.600. The average Bonchev–Trinajstić information content (AvgIpc) is 2.42. The molecule has 0 heterocycles. The molecular formula is C15H23NO3. The van der Waals surface area contributed by atoms with Crippen LogP contribution in [0.3, 0.4) is 0 Å². The lowest BCUT2D eigenvalue weighted by Gasteiger charge is -2.40. The van der Waals surface area contributed by atoms with Gasteiger partial charge in [0, 0.05) is 20.2 Å². The second-order valence-corrected chi connectivity index (χ2v) is 4.94. The van der Waals surface area contributed by atoms with Gasteiger partial charge in [0.1, 0.15) is 18.1 Å². The Morgan fingerprint density at radius 1 is 1.11 bits per heavy atom. The number of rotatable bonds is 8. The maximum Gasteiger partial charge on any atom is 0.119 e. The highest BCUT2D eigenvalue weighted by molar-refractivity contribution is 5.31. The minimum absolute atomic E-state index is 0.0834. The smallest absolute Gasteiger partial charge is 0.119 e. The third-order valence-electron chi connectivity index (χ3n) is 3.75. The van der Waals surface area contributed by atoms with Crippen LogP contribution in [0.4, 0.5) is 0 Å². The molecule has 4 nitrogen and oxygen atoms in total. The molecule has 1 aromatic carbocycles. The molecular weight excluding hydrogens is 242 g/mol. The quantitative estimate of drug-likeness (QED) is 0.732. The molecule has 0 spiro atoms. The third-order valence-corrected chi connectivity index (χ3v) is 3.75. The molecule has 1 aliphatic rings. The van der Waals surface area contributed by atoms with Gasteiger partial charge in [-0.05, 0) is 43.5 Å². The predicted molar refractivity (Wildman–Crippen MR) is 74.9 cm³/mol. The van der Waals surface area contributed by atoms with Crippen LogP contribution in [-0.4, -0.2) is 39.5 Å². The number of methoxy groups -OCH3 is 2. The number of hydrogen-bond donors (Lipinski definition) is 1. The van der Waals surface area contributed by atoms with Crippen LogP contribution in [0.2, 0.25) is 0 Å². The number of hydrogen-bond acceptors (Lipinski definition) is 4. The minimum Gasteiger partial charge on any atom is -0.497 e. The van der Waals surface area contributed by atoms with Gasteiger partial charge in [0.05, 0.1) is 12.7 Å². The molecule has 1 aromatic rings. The molecule has 2 rings (SSSR count). The molecule has 19 heavy (non-hydrogen) atoms. The van der Waals surface area contributed by atoms with E-state index in [-0.39, 0.29) is 5.60 Å². The molecule has 1 fully saturated rings. The highest BCUT2D eigenvalue weighted by Crippen LogP contribution is 2.34. The summed E-state index contributed by atoms with van der Waals surface area (Å²) in [5.41, 5.74) is 0.0834. The summed E-state index contributed by atoms with van der Waals surface area (Å²) >= 11 is 0. The molecule has 1 saturated carbocycles. The summed E-state index contributed by atoms with van der Waals surface area (Å²) in [7, 11) is 3.46. The fourth-order valence-electron chi connectivity index (χ4n) is 2.25. The van der Waals surface area contributed by atoms with Crippen molar-refractivity contribution in [1.82, 2.24) is 5.32 Å². The summed E-state index contributed by atoms with van der Waals surface area (Å²) in [6, 6.07) is 7.64. The predicted octanol–water partition coefficient (Wildman–Crippen LogP) is 2.23. The van der Waals surface area contributed by atoms with Gasteiger partial charge < -0.3 is 19.5 Å². The van der Waals surface area contributed by atoms with E-state index in [4.69, 9.17) is 14.2 Å². The van der Waals surface area contributed by atoms with Gasteiger partial charge >= 0.3 is 0 Å². The first-order chi connectivity index (χ1) is 9.28. The maximum atomic E-state index is 5.65. The van der Waals surface area contributed by atoms with Gasteiger partial charge in [-0.1, -0.05) is 0 Å². The second kappa shape index (κ2) is 6.78. The Kier molecular flexibility index (Phi) is 5.05.